The maximum atomic E-state index is 12.1. The van der Waals surface area contributed by atoms with Crippen LogP contribution in [0.15, 0.2) is 53.6 Å². The van der Waals surface area contributed by atoms with Crippen molar-refractivity contribution in [1.29, 1.82) is 0 Å². The minimum Gasteiger partial charge on any atom is -0.355 e. The summed E-state index contributed by atoms with van der Waals surface area (Å²) in [5, 5.41) is 5.48. The fourth-order valence-corrected chi connectivity index (χ4v) is 3.47. The molecule has 2 aromatic carbocycles. The van der Waals surface area contributed by atoms with Gasteiger partial charge in [0.15, 0.2) is 0 Å². The molecule has 0 saturated carbocycles. The third kappa shape index (κ3) is 4.94. The van der Waals surface area contributed by atoms with Crippen molar-refractivity contribution in [3.05, 3.63) is 64.9 Å². The smallest absolute Gasteiger partial charge is 0.230 e. The molecule has 128 valence electrons. The Kier molecular flexibility index (Phi) is 5.89. The number of aromatic nitrogens is 2. The maximum absolute atomic E-state index is 12.1. The molecule has 0 bridgehead atoms. The average molecular weight is 372 g/mol. The van der Waals surface area contributed by atoms with E-state index < -0.39 is 0 Å². The summed E-state index contributed by atoms with van der Waals surface area (Å²) in [4.78, 5) is 21.0. The fourth-order valence-electron chi connectivity index (χ4n) is 2.45. The van der Waals surface area contributed by atoms with E-state index in [4.69, 9.17) is 11.6 Å². The number of amides is 1. The number of carbonyl (C=O) groups excluding carboxylic acids is 1. The molecule has 0 fully saturated rings. The Morgan fingerprint density at radius 1 is 1.12 bits per heavy atom. The van der Waals surface area contributed by atoms with Gasteiger partial charge in [-0.05, 0) is 37.1 Å². The molecule has 3 aromatic rings. The summed E-state index contributed by atoms with van der Waals surface area (Å²) in [6.07, 6.45) is 0.781. The first kappa shape index (κ1) is 17.7. The van der Waals surface area contributed by atoms with Gasteiger partial charge in [0.1, 0.15) is 10.9 Å². The normalized spacial score (nSPS) is 10.8. The molecule has 0 radical (unpaired) electrons. The summed E-state index contributed by atoms with van der Waals surface area (Å²) in [5.74, 6) is 1.05. The number of para-hydroxylation sites is 1. The number of carbonyl (C=O) groups is 1. The second-order valence-electron chi connectivity index (χ2n) is 5.61. The zero-order valence-corrected chi connectivity index (χ0v) is 15.4. The third-order valence-electron chi connectivity index (χ3n) is 3.67. The highest BCUT2D eigenvalue weighted by Crippen LogP contribution is 2.24. The second kappa shape index (κ2) is 8.32. The van der Waals surface area contributed by atoms with Crippen molar-refractivity contribution in [2.24, 2.45) is 0 Å². The van der Waals surface area contributed by atoms with Crippen LogP contribution in [0.5, 0.6) is 0 Å². The largest absolute Gasteiger partial charge is 0.355 e. The second-order valence-corrected chi connectivity index (χ2v) is 7.01. The predicted octanol–water partition coefficient (Wildman–Crippen LogP) is 4.04. The Morgan fingerprint density at radius 2 is 1.88 bits per heavy atom. The van der Waals surface area contributed by atoms with Gasteiger partial charge in [-0.2, -0.15) is 0 Å². The number of rotatable bonds is 6. The Balaban J connectivity index is 1.53. The zero-order valence-electron chi connectivity index (χ0n) is 13.8. The molecule has 1 heterocycles. The number of fused-ring (bicyclic) bond motifs is 1. The highest BCUT2D eigenvalue weighted by Gasteiger charge is 2.09. The van der Waals surface area contributed by atoms with E-state index in [1.807, 2.05) is 55.5 Å². The van der Waals surface area contributed by atoms with Crippen molar-refractivity contribution in [3.8, 4) is 0 Å². The van der Waals surface area contributed by atoms with Crippen molar-refractivity contribution in [3.63, 3.8) is 0 Å². The maximum Gasteiger partial charge on any atom is 0.230 e. The van der Waals surface area contributed by atoms with Crippen molar-refractivity contribution in [2.45, 2.75) is 18.4 Å². The molecule has 0 atom stereocenters. The predicted molar refractivity (Wildman–Crippen MR) is 103 cm³/mol. The molecule has 0 unspecified atom stereocenters. The number of benzene rings is 2. The molecule has 1 aromatic heterocycles. The number of aryl methyl sites for hydroxylation is 1. The van der Waals surface area contributed by atoms with Gasteiger partial charge in [-0.25, -0.2) is 9.97 Å². The van der Waals surface area contributed by atoms with Crippen molar-refractivity contribution < 1.29 is 4.79 Å². The molecule has 0 saturated heterocycles. The molecule has 1 amide bonds. The average Bonchev–Trinajstić information content (AvgIpc) is 2.61. The van der Waals surface area contributed by atoms with Crippen LogP contribution < -0.4 is 5.32 Å². The van der Waals surface area contributed by atoms with Crippen LogP contribution >= 0.6 is 23.4 Å². The van der Waals surface area contributed by atoms with Gasteiger partial charge in [0.2, 0.25) is 5.91 Å². The van der Waals surface area contributed by atoms with Gasteiger partial charge in [-0.1, -0.05) is 53.7 Å². The van der Waals surface area contributed by atoms with Gasteiger partial charge in [0.05, 0.1) is 11.3 Å². The molecular formula is C19H18ClN3OS. The molecule has 6 heteroatoms. The Bertz CT molecular complexity index is 883. The van der Waals surface area contributed by atoms with Gasteiger partial charge < -0.3 is 5.32 Å². The molecular weight excluding hydrogens is 354 g/mol. The van der Waals surface area contributed by atoms with Crippen molar-refractivity contribution in [1.82, 2.24) is 15.3 Å². The lowest BCUT2D eigenvalue weighted by Crippen LogP contribution is -2.27. The summed E-state index contributed by atoms with van der Waals surface area (Å²) in [5.41, 5.74) is 2.05. The summed E-state index contributed by atoms with van der Waals surface area (Å²) in [7, 11) is 0. The molecule has 0 aliphatic rings. The lowest BCUT2D eigenvalue weighted by atomic mass is 10.1. The molecule has 4 nitrogen and oxygen atoms in total. The monoisotopic (exact) mass is 371 g/mol. The molecule has 25 heavy (non-hydrogen) atoms. The van der Waals surface area contributed by atoms with E-state index in [0.717, 1.165) is 32.9 Å². The van der Waals surface area contributed by atoms with E-state index >= 15 is 0 Å². The highest BCUT2D eigenvalue weighted by atomic mass is 35.5. The number of thioether (sulfide) groups is 1. The number of nitrogens with one attached hydrogen (secondary N) is 1. The number of halogens is 1. The zero-order chi connectivity index (χ0) is 17.6. The lowest BCUT2D eigenvalue weighted by Gasteiger charge is -2.08. The van der Waals surface area contributed by atoms with E-state index in [2.05, 4.69) is 15.3 Å². The Labute approximate surface area is 156 Å². The van der Waals surface area contributed by atoms with Crippen LogP contribution in [0, 0.1) is 6.92 Å². The lowest BCUT2D eigenvalue weighted by molar-refractivity contribution is -0.118. The standard InChI is InChI=1S/C19H18ClN3OS/c1-13-22-17-5-3-2-4-16(17)19(23-13)25-12-18(24)21-11-10-14-6-8-15(20)9-7-14/h2-9H,10-12H2,1H3,(H,21,24). The van der Waals surface area contributed by atoms with Crippen molar-refractivity contribution in [2.75, 3.05) is 12.3 Å². The van der Waals surface area contributed by atoms with Gasteiger partial charge in [0, 0.05) is 17.0 Å². The van der Waals surface area contributed by atoms with Crippen LogP contribution in [0.2, 0.25) is 5.02 Å². The topological polar surface area (TPSA) is 54.9 Å². The van der Waals surface area contributed by atoms with Gasteiger partial charge in [-0.3, -0.25) is 4.79 Å². The van der Waals surface area contributed by atoms with Crippen LogP contribution in [-0.4, -0.2) is 28.2 Å². The number of nitrogens with zero attached hydrogens (tertiary/aromatic N) is 2. The van der Waals surface area contributed by atoms with E-state index in [1.54, 1.807) is 0 Å². The van der Waals surface area contributed by atoms with E-state index in [9.17, 15) is 4.79 Å². The van der Waals surface area contributed by atoms with Crippen LogP contribution in [0.4, 0.5) is 0 Å². The van der Waals surface area contributed by atoms with E-state index in [1.165, 1.54) is 11.8 Å². The Morgan fingerprint density at radius 3 is 2.68 bits per heavy atom. The summed E-state index contributed by atoms with van der Waals surface area (Å²) in [6, 6.07) is 15.5. The quantitative estimate of drug-likeness (QED) is 0.524. The minimum atomic E-state index is -0.000639. The van der Waals surface area contributed by atoms with Gasteiger partial charge in [0.25, 0.3) is 0 Å². The van der Waals surface area contributed by atoms with Crippen molar-refractivity contribution >= 4 is 40.2 Å². The molecule has 3 rings (SSSR count). The SMILES string of the molecule is Cc1nc(SCC(=O)NCCc2ccc(Cl)cc2)c2ccccc2n1. The number of hydrogen-bond donors (Lipinski definition) is 1. The molecule has 1 N–H and O–H groups in total. The molecule has 0 spiro atoms. The van der Waals surface area contributed by atoms with Crippen LogP contribution in [0.3, 0.4) is 0 Å². The highest BCUT2D eigenvalue weighted by molar-refractivity contribution is 8.00. The Hall–Kier alpha value is -2.11. The molecule has 0 aliphatic carbocycles. The van der Waals surface area contributed by atoms with Crippen LogP contribution in [-0.2, 0) is 11.2 Å². The van der Waals surface area contributed by atoms with E-state index in [0.29, 0.717) is 18.1 Å². The summed E-state index contributed by atoms with van der Waals surface area (Å²) in [6.45, 7) is 2.47. The van der Waals surface area contributed by atoms with Gasteiger partial charge in [-0.15, -0.1) is 0 Å². The first-order valence-corrected chi connectivity index (χ1v) is 9.35. The number of hydrogen-bond acceptors (Lipinski definition) is 4. The molecule has 0 aliphatic heterocycles. The fraction of sp³-hybridized carbons (Fsp3) is 0.211. The first-order chi connectivity index (χ1) is 12.1. The van der Waals surface area contributed by atoms with E-state index in [-0.39, 0.29) is 5.91 Å². The summed E-state index contributed by atoms with van der Waals surface area (Å²) >= 11 is 7.31. The summed E-state index contributed by atoms with van der Waals surface area (Å²) < 4.78 is 0. The van der Waals surface area contributed by atoms with Crippen LogP contribution in [0.1, 0.15) is 11.4 Å². The minimum absolute atomic E-state index is 0.000639. The third-order valence-corrected chi connectivity index (χ3v) is 4.91. The van der Waals surface area contributed by atoms with Gasteiger partial charge >= 0.3 is 0 Å². The van der Waals surface area contributed by atoms with Crippen LogP contribution in [0.25, 0.3) is 10.9 Å². The first-order valence-electron chi connectivity index (χ1n) is 7.99.